The molecule has 27 heavy (non-hydrogen) atoms. The smallest absolute Gasteiger partial charge is 0.354 e. The van der Waals surface area contributed by atoms with Crippen LogP contribution in [0.2, 0.25) is 5.02 Å². The standard InChI is InChI=1S/C18H16ClN3O4S/c1-25-17(24)14-6-12(7-20-14)15-10-27-18(21-15)22-16(23)9-26-8-11-4-2-3-5-13(11)19/h2-7,10,20H,8-9H2,1H3,(H,21,22,23). The summed E-state index contributed by atoms with van der Waals surface area (Å²) >= 11 is 7.32. The number of H-pyrrole nitrogens is 1. The van der Waals surface area contributed by atoms with E-state index in [1.54, 1.807) is 23.7 Å². The minimum Gasteiger partial charge on any atom is -0.464 e. The summed E-state index contributed by atoms with van der Waals surface area (Å²) in [5, 5.41) is 5.50. The van der Waals surface area contributed by atoms with Crippen LogP contribution in [0, 0.1) is 0 Å². The quantitative estimate of drug-likeness (QED) is 0.584. The molecule has 3 rings (SSSR count). The maximum Gasteiger partial charge on any atom is 0.354 e. The fourth-order valence-corrected chi connectivity index (χ4v) is 3.18. The second-order valence-corrected chi connectivity index (χ2v) is 6.73. The Balaban J connectivity index is 1.53. The van der Waals surface area contributed by atoms with Crippen LogP contribution in [0.15, 0.2) is 41.9 Å². The number of methoxy groups -OCH3 is 1. The van der Waals surface area contributed by atoms with Gasteiger partial charge >= 0.3 is 5.97 Å². The van der Waals surface area contributed by atoms with E-state index in [2.05, 4.69) is 20.0 Å². The maximum absolute atomic E-state index is 12.0. The van der Waals surface area contributed by atoms with E-state index in [0.29, 0.717) is 21.5 Å². The zero-order valence-corrected chi connectivity index (χ0v) is 15.9. The topological polar surface area (TPSA) is 93.3 Å². The van der Waals surface area contributed by atoms with Crippen LogP contribution >= 0.6 is 22.9 Å². The van der Waals surface area contributed by atoms with Crippen molar-refractivity contribution in [3.05, 3.63) is 58.2 Å². The van der Waals surface area contributed by atoms with Gasteiger partial charge in [-0.25, -0.2) is 9.78 Å². The van der Waals surface area contributed by atoms with Crippen molar-refractivity contribution in [1.82, 2.24) is 9.97 Å². The first-order valence-corrected chi connectivity index (χ1v) is 9.16. The summed E-state index contributed by atoms with van der Waals surface area (Å²) in [6, 6.07) is 8.93. The first-order chi connectivity index (χ1) is 13.1. The fourth-order valence-electron chi connectivity index (χ4n) is 2.26. The summed E-state index contributed by atoms with van der Waals surface area (Å²) in [6.45, 7) is 0.132. The average Bonchev–Trinajstić information content (AvgIpc) is 3.32. The lowest BCUT2D eigenvalue weighted by atomic mass is 10.2. The van der Waals surface area contributed by atoms with Crippen molar-refractivity contribution in [1.29, 1.82) is 0 Å². The molecule has 0 saturated carbocycles. The van der Waals surface area contributed by atoms with Crippen molar-refractivity contribution in [3.63, 3.8) is 0 Å². The number of benzene rings is 1. The number of carbonyl (C=O) groups excluding carboxylic acids is 2. The van der Waals surface area contributed by atoms with Gasteiger partial charge in [-0.2, -0.15) is 0 Å². The van der Waals surface area contributed by atoms with Gasteiger partial charge in [-0.15, -0.1) is 11.3 Å². The second-order valence-electron chi connectivity index (χ2n) is 5.46. The Morgan fingerprint density at radius 1 is 1.33 bits per heavy atom. The summed E-state index contributed by atoms with van der Waals surface area (Å²) < 4.78 is 10.0. The number of rotatable bonds is 7. The number of ether oxygens (including phenoxy) is 2. The molecular weight excluding hydrogens is 390 g/mol. The number of nitrogens with one attached hydrogen (secondary N) is 2. The van der Waals surface area contributed by atoms with E-state index in [1.165, 1.54) is 18.4 Å². The van der Waals surface area contributed by atoms with Crippen LogP contribution in [0.3, 0.4) is 0 Å². The van der Waals surface area contributed by atoms with Gasteiger partial charge in [-0.1, -0.05) is 29.8 Å². The van der Waals surface area contributed by atoms with Crippen molar-refractivity contribution >= 4 is 39.9 Å². The summed E-state index contributed by atoms with van der Waals surface area (Å²) in [7, 11) is 1.31. The van der Waals surface area contributed by atoms with Gasteiger partial charge in [0.1, 0.15) is 12.3 Å². The molecule has 0 fully saturated rings. The molecule has 1 amide bonds. The highest BCUT2D eigenvalue weighted by atomic mass is 35.5. The number of nitrogens with zero attached hydrogens (tertiary/aromatic N) is 1. The minimum atomic E-state index is -0.458. The molecule has 140 valence electrons. The van der Waals surface area contributed by atoms with Crippen molar-refractivity contribution in [2.45, 2.75) is 6.61 Å². The number of hydrogen-bond donors (Lipinski definition) is 2. The number of hydrogen-bond acceptors (Lipinski definition) is 6. The van der Waals surface area contributed by atoms with E-state index in [4.69, 9.17) is 16.3 Å². The van der Waals surface area contributed by atoms with Gasteiger partial charge < -0.3 is 14.5 Å². The van der Waals surface area contributed by atoms with E-state index in [1.807, 2.05) is 18.2 Å². The summed E-state index contributed by atoms with van der Waals surface area (Å²) in [5.41, 5.74) is 2.51. The highest BCUT2D eigenvalue weighted by Gasteiger charge is 2.13. The second kappa shape index (κ2) is 8.81. The number of thiazole rings is 1. The predicted molar refractivity (Wildman–Crippen MR) is 103 cm³/mol. The zero-order chi connectivity index (χ0) is 19.2. The third-order valence-corrected chi connectivity index (χ3v) is 4.71. The van der Waals surface area contributed by atoms with Crippen molar-refractivity contribution < 1.29 is 19.1 Å². The van der Waals surface area contributed by atoms with Crippen molar-refractivity contribution in [2.24, 2.45) is 0 Å². The highest BCUT2D eigenvalue weighted by molar-refractivity contribution is 7.14. The number of aromatic amines is 1. The first-order valence-electron chi connectivity index (χ1n) is 7.90. The van der Waals surface area contributed by atoms with Gasteiger partial charge in [-0.3, -0.25) is 10.1 Å². The van der Waals surface area contributed by atoms with Crippen LogP contribution in [-0.2, 0) is 20.9 Å². The van der Waals surface area contributed by atoms with Gasteiger partial charge in [0, 0.05) is 22.2 Å². The Kier molecular flexibility index (Phi) is 6.23. The molecule has 2 aromatic heterocycles. The third-order valence-electron chi connectivity index (χ3n) is 3.58. The number of carbonyl (C=O) groups is 2. The minimum absolute atomic E-state index is 0.114. The van der Waals surface area contributed by atoms with E-state index in [-0.39, 0.29) is 19.1 Å². The third kappa shape index (κ3) is 4.94. The van der Waals surface area contributed by atoms with Gasteiger partial charge in [0.2, 0.25) is 0 Å². The Morgan fingerprint density at radius 2 is 2.15 bits per heavy atom. The van der Waals surface area contributed by atoms with Crippen LogP contribution in [0.4, 0.5) is 5.13 Å². The van der Waals surface area contributed by atoms with Gasteiger partial charge in [0.15, 0.2) is 5.13 Å². The molecule has 3 aromatic rings. The Labute approximate surface area is 164 Å². The number of esters is 1. The maximum atomic E-state index is 12.0. The molecule has 0 radical (unpaired) electrons. The molecule has 0 unspecified atom stereocenters. The summed E-state index contributed by atoms with van der Waals surface area (Å²) in [5.74, 6) is -0.770. The van der Waals surface area contributed by atoms with E-state index in [0.717, 1.165) is 11.1 Å². The van der Waals surface area contributed by atoms with E-state index in [9.17, 15) is 9.59 Å². The van der Waals surface area contributed by atoms with Crippen LogP contribution in [0.25, 0.3) is 11.3 Å². The molecule has 9 heteroatoms. The lowest BCUT2D eigenvalue weighted by Gasteiger charge is -2.05. The zero-order valence-electron chi connectivity index (χ0n) is 14.3. The van der Waals surface area contributed by atoms with Crippen LogP contribution in [0.1, 0.15) is 16.1 Å². The molecule has 0 aliphatic carbocycles. The lowest BCUT2D eigenvalue weighted by Crippen LogP contribution is -2.18. The van der Waals surface area contributed by atoms with Crippen molar-refractivity contribution in [2.75, 3.05) is 19.0 Å². The lowest BCUT2D eigenvalue weighted by molar-refractivity contribution is -0.121. The monoisotopic (exact) mass is 405 g/mol. The molecule has 0 aliphatic rings. The Morgan fingerprint density at radius 3 is 2.93 bits per heavy atom. The molecule has 7 nitrogen and oxygen atoms in total. The predicted octanol–water partition coefficient (Wildman–Crippen LogP) is 3.73. The normalized spacial score (nSPS) is 10.6. The molecule has 0 bridgehead atoms. The number of amides is 1. The fraction of sp³-hybridized carbons (Fsp3) is 0.167. The van der Waals surface area contributed by atoms with Crippen LogP contribution in [0.5, 0.6) is 0 Å². The van der Waals surface area contributed by atoms with Gasteiger partial charge in [0.25, 0.3) is 5.91 Å². The Hall–Kier alpha value is -2.68. The summed E-state index contributed by atoms with van der Waals surface area (Å²) in [6.07, 6.45) is 1.65. The number of aromatic nitrogens is 2. The molecule has 0 aliphatic heterocycles. The average molecular weight is 406 g/mol. The Bertz CT molecular complexity index is 953. The largest absolute Gasteiger partial charge is 0.464 e. The molecule has 2 heterocycles. The molecule has 0 atom stereocenters. The van der Waals surface area contributed by atoms with Crippen molar-refractivity contribution in [3.8, 4) is 11.3 Å². The molecule has 2 N–H and O–H groups in total. The summed E-state index contributed by atoms with van der Waals surface area (Å²) in [4.78, 5) is 30.6. The molecule has 0 spiro atoms. The number of anilines is 1. The molecule has 0 saturated heterocycles. The van der Waals surface area contributed by atoms with Gasteiger partial charge in [0.05, 0.1) is 19.4 Å². The number of halogens is 1. The molecular formula is C18H16ClN3O4S. The SMILES string of the molecule is COC(=O)c1cc(-c2csc(NC(=O)COCc3ccccc3Cl)n2)c[nH]1. The highest BCUT2D eigenvalue weighted by Crippen LogP contribution is 2.25. The van der Waals surface area contributed by atoms with Crippen LogP contribution < -0.4 is 5.32 Å². The van der Waals surface area contributed by atoms with Gasteiger partial charge in [-0.05, 0) is 17.7 Å². The van der Waals surface area contributed by atoms with Crippen LogP contribution in [-0.4, -0.2) is 35.6 Å². The van der Waals surface area contributed by atoms with E-state index >= 15 is 0 Å². The first kappa shape index (κ1) is 19.1. The molecule has 1 aromatic carbocycles. The van der Waals surface area contributed by atoms with E-state index < -0.39 is 5.97 Å².